The molecule has 5 nitrogen and oxygen atoms in total. The van der Waals surface area contributed by atoms with Gasteiger partial charge >= 0.3 is 0 Å². The zero-order valence-corrected chi connectivity index (χ0v) is 12.4. The quantitative estimate of drug-likeness (QED) is 0.641. The second-order valence-corrected chi connectivity index (χ2v) is 6.38. The summed E-state index contributed by atoms with van der Waals surface area (Å²) in [5, 5.41) is 0. The number of hydrazine groups is 1. The molecule has 1 aliphatic heterocycles. The summed E-state index contributed by atoms with van der Waals surface area (Å²) in [6.07, 6.45) is 9.76. The number of rotatable bonds is 2. The number of aromatic nitrogens is 2. The Bertz CT molecular complexity index is 457. The number of anilines is 2. The van der Waals surface area contributed by atoms with E-state index in [4.69, 9.17) is 5.84 Å². The predicted octanol–water partition coefficient (Wildman–Crippen LogP) is 2.62. The number of piperidine rings is 1. The fraction of sp³-hybridized carbons (Fsp3) is 0.733. The van der Waals surface area contributed by atoms with Crippen molar-refractivity contribution in [2.45, 2.75) is 51.9 Å². The van der Waals surface area contributed by atoms with Crippen molar-refractivity contribution in [3.63, 3.8) is 0 Å². The molecule has 2 fully saturated rings. The van der Waals surface area contributed by atoms with Crippen LogP contribution in [0.5, 0.6) is 0 Å². The highest BCUT2D eigenvalue weighted by Crippen LogP contribution is 2.44. The van der Waals surface area contributed by atoms with E-state index in [0.29, 0.717) is 11.4 Å². The zero-order valence-electron chi connectivity index (χ0n) is 12.4. The maximum Gasteiger partial charge on any atom is 0.239 e. The van der Waals surface area contributed by atoms with Gasteiger partial charge in [-0.2, -0.15) is 4.98 Å². The van der Waals surface area contributed by atoms with Crippen molar-refractivity contribution in [3.8, 4) is 0 Å². The number of nitrogens with zero attached hydrogens (tertiary/aromatic N) is 3. The van der Waals surface area contributed by atoms with E-state index in [1.165, 1.54) is 44.9 Å². The summed E-state index contributed by atoms with van der Waals surface area (Å²) in [5.74, 6) is 6.96. The fourth-order valence-corrected chi connectivity index (χ4v) is 3.79. The minimum atomic E-state index is 0.512. The van der Waals surface area contributed by atoms with E-state index in [-0.39, 0.29) is 0 Å². The van der Waals surface area contributed by atoms with Crippen LogP contribution in [0.3, 0.4) is 0 Å². The summed E-state index contributed by atoms with van der Waals surface area (Å²) < 4.78 is 0. The molecule has 1 aromatic rings. The lowest BCUT2D eigenvalue weighted by Gasteiger charge is -2.44. The summed E-state index contributed by atoms with van der Waals surface area (Å²) in [4.78, 5) is 11.1. The van der Waals surface area contributed by atoms with E-state index in [1.54, 1.807) is 0 Å². The zero-order chi connectivity index (χ0) is 14.0. The van der Waals surface area contributed by atoms with Gasteiger partial charge in [-0.15, -0.1) is 0 Å². The Hall–Kier alpha value is -1.36. The largest absolute Gasteiger partial charge is 0.356 e. The van der Waals surface area contributed by atoms with Gasteiger partial charge in [0, 0.05) is 24.8 Å². The van der Waals surface area contributed by atoms with Crippen molar-refractivity contribution in [3.05, 3.63) is 11.8 Å². The van der Waals surface area contributed by atoms with Gasteiger partial charge in [0.1, 0.15) is 5.82 Å². The van der Waals surface area contributed by atoms with Crippen LogP contribution < -0.4 is 16.2 Å². The van der Waals surface area contributed by atoms with Crippen molar-refractivity contribution < 1.29 is 0 Å². The molecule has 3 rings (SSSR count). The maximum absolute atomic E-state index is 5.44. The molecular weight excluding hydrogens is 250 g/mol. The molecule has 3 N–H and O–H groups in total. The first kappa shape index (κ1) is 13.6. The minimum Gasteiger partial charge on any atom is -0.356 e. The monoisotopic (exact) mass is 275 g/mol. The van der Waals surface area contributed by atoms with E-state index in [0.717, 1.165) is 24.6 Å². The molecule has 20 heavy (non-hydrogen) atoms. The van der Waals surface area contributed by atoms with Gasteiger partial charge in [0.2, 0.25) is 5.95 Å². The third-order valence-corrected chi connectivity index (χ3v) is 5.03. The second-order valence-electron chi connectivity index (χ2n) is 6.38. The molecule has 0 amide bonds. The number of hydrogen-bond acceptors (Lipinski definition) is 5. The van der Waals surface area contributed by atoms with Crippen molar-refractivity contribution in [1.82, 2.24) is 9.97 Å². The van der Waals surface area contributed by atoms with Gasteiger partial charge in [-0.3, -0.25) is 5.43 Å². The van der Waals surface area contributed by atoms with Gasteiger partial charge in [-0.1, -0.05) is 19.3 Å². The number of aryl methyl sites for hydroxylation is 1. The molecule has 5 heteroatoms. The Labute approximate surface area is 120 Å². The predicted molar refractivity (Wildman–Crippen MR) is 81.5 cm³/mol. The third-order valence-electron chi connectivity index (χ3n) is 5.03. The van der Waals surface area contributed by atoms with Gasteiger partial charge in [0.05, 0.1) is 0 Å². The fourth-order valence-electron chi connectivity index (χ4n) is 3.79. The van der Waals surface area contributed by atoms with Crippen molar-refractivity contribution in [2.24, 2.45) is 11.3 Å². The Morgan fingerprint density at radius 2 is 1.80 bits per heavy atom. The highest BCUT2D eigenvalue weighted by atomic mass is 15.3. The molecule has 1 aromatic heterocycles. The van der Waals surface area contributed by atoms with Gasteiger partial charge in [-0.05, 0) is 38.0 Å². The summed E-state index contributed by atoms with van der Waals surface area (Å²) in [5.41, 5.74) is 4.15. The number of nitrogens with one attached hydrogen (secondary N) is 1. The van der Waals surface area contributed by atoms with Crippen LogP contribution in [-0.4, -0.2) is 23.1 Å². The van der Waals surface area contributed by atoms with Crippen LogP contribution in [-0.2, 0) is 0 Å². The van der Waals surface area contributed by atoms with Crippen LogP contribution >= 0.6 is 0 Å². The molecular formula is C15H25N5. The van der Waals surface area contributed by atoms with Gasteiger partial charge < -0.3 is 4.90 Å². The van der Waals surface area contributed by atoms with Gasteiger partial charge in [0.15, 0.2) is 0 Å². The second kappa shape index (κ2) is 5.56. The van der Waals surface area contributed by atoms with E-state index < -0.39 is 0 Å². The molecule has 0 atom stereocenters. The standard InChI is InChI=1S/C15H25N5/c1-12-11-13(18-14(17-12)19-16)20-9-7-15(8-10-20)5-3-2-4-6-15/h11H,2-10,16H2,1H3,(H,17,18,19). The average Bonchev–Trinajstić information content (AvgIpc) is 2.48. The third kappa shape index (κ3) is 2.73. The SMILES string of the molecule is Cc1cc(N2CCC3(CCCCC3)CC2)nc(NN)n1. The van der Waals surface area contributed by atoms with Crippen LogP contribution in [0.25, 0.3) is 0 Å². The maximum atomic E-state index is 5.44. The van der Waals surface area contributed by atoms with Crippen molar-refractivity contribution >= 4 is 11.8 Å². The number of hydrogen-bond donors (Lipinski definition) is 2. The summed E-state index contributed by atoms with van der Waals surface area (Å²) >= 11 is 0. The molecule has 1 saturated carbocycles. The van der Waals surface area contributed by atoms with E-state index >= 15 is 0 Å². The molecule has 1 saturated heterocycles. The van der Waals surface area contributed by atoms with Crippen molar-refractivity contribution in [2.75, 3.05) is 23.4 Å². The topological polar surface area (TPSA) is 67.1 Å². The number of nitrogens with two attached hydrogens (primary N) is 1. The van der Waals surface area contributed by atoms with E-state index in [9.17, 15) is 0 Å². The van der Waals surface area contributed by atoms with Crippen LogP contribution in [0.1, 0.15) is 50.6 Å². The lowest BCUT2D eigenvalue weighted by Crippen LogP contribution is -2.41. The Morgan fingerprint density at radius 3 is 2.45 bits per heavy atom. The van der Waals surface area contributed by atoms with Crippen LogP contribution in [0, 0.1) is 12.3 Å². The first-order chi connectivity index (χ1) is 9.71. The first-order valence-electron chi connectivity index (χ1n) is 7.78. The summed E-state index contributed by atoms with van der Waals surface area (Å²) in [7, 11) is 0. The Balaban J connectivity index is 1.70. The van der Waals surface area contributed by atoms with Gasteiger partial charge in [-0.25, -0.2) is 10.8 Å². The summed E-state index contributed by atoms with van der Waals surface area (Å²) in [6.45, 7) is 4.21. The van der Waals surface area contributed by atoms with E-state index in [1.807, 2.05) is 6.92 Å². The first-order valence-corrected chi connectivity index (χ1v) is 7.78. The normalized spacial score (nSPS) is 22.0. The average molecular weight is 275 g/mol. The van der Waals surface area contributed by atoms with Crippen molar-refractivity contribution in [1.29, 1.82) is 0 Å². The van der Waals surface area contributed by atoms with Crippen LogP contribution in [0.4, 0.5) is 11.8 Å². The molecule has 2 aliphatic rings. The molecule has 0 radical (unpaired) electrons. The highest BCUT2D eigenvalue weighted by Gasteiger charge is 2.35. The number of nitrogen functional groups attached to an aromatic ring is 1. The Kier molecular flexibility index (Phi) is 3.78. The van der Waals surface area contributed by atoms with Crippen LogP contribution in [0.15, 0.2) is 6.07 Å². The molecule has 2 heterocycles. The molecule has 0 unspecified atom stereocenters. The van der Waals surface area contributed by atoms with E-state index in [2.05, 4.69) is 26.4 Å². The summed E-state index contributed by atoms with van der Waals surface area (Å²) in [6, 6.07) is 2.06. The molecule has 0 aromatic carbocycles. The van der Waals surface area contributed by atoms with Crippen LogP contribution in [0.2, 0.25) is 0 Å². The highest BCUT2D eigenvalue weighted by molar-refractivity contribution is 5.44. The molecule has 110 valence electrons. The molecule has 0 bridgehead atoms. The van der Waals surface area contributed by atoms with Gasteiger partial charge in [0.25, 0.3) is 0 Å². The minimum absolute atomic E-state index is 0.512. The lowest BCUT2D eigenvalue weighted by molar-refractivity contribution is 0.144. The molecule has 1 spiro atoms. The lowest BCUT2D eigenvalue weighted by atomic mass is 9.68. The smallest absolute Gasteiger partial charge is 0.239 e. The molecule has 1 aliphatic carbocycles. The Morgan fingerprint density at radius 1 is 1.10 bits per heavy atom.